The van der Waals surface area contributed by atoms with Gasteiger partial charge in [0, 0.05) is 5.41 Å². The van der Waals surface area contributed by atoms with Crippen LogP contribution >= 0.6 is 0 Å². The van der Waals surface area contributed by atoms with Crippen LogP contribution in [0.25, 0.3) is 0 Å². The first-order valence-electron chi connectivity index (χ1n) is 8.27. The molecule has 4 aliphatic rings. The number of allylic oxidation sites excluding steroid dienone is 5. The third kappa shape index (κ3) is 1.78. The van der Waals surface area contributed by atoms with E-state index in [-0.39, 0.29) is 22.7 Å². The number of aliphatic hydroxyl groups excluding tert-OH is 1. The Balaban J connectivity index is 1.81. The summed E-state index contributed by atoms with van der Waals surface area (Å²) >= 11 is 0. The van der Waals surface area contributed by atoms with E-state index in [2.05, 4.69) is 19.9 Å². The summed E-state index contributed by atoms with van der Waals surface area (Å²) in [6.07, 6.45) is 11.9. The Morgan fingerprint density at radius 2 is 2.10 bits per heavy atom. The van der Waals surface area contributed by atoms with Crippen molar-refractivity contribution >= 4 is 5.78 Å². The van der Waals surface area contributed by atoms with E-state index in [1.165, 1.54) is 18.4 Å². The van der Waals surface area contributed by atoms with E-state index >= 15 is 0 Å². The van der Waals surface area contributed by atoms with Crippen molar-refractivity contribution < 1.29 is 9.90 Å². The number of hydrogen-bond donors (Lipinski definition) is 1. The Morgan fingerprint density at radius 1 is 1.29 bits per heavy atom. The maximum atomic E-state index is 11.7. The molecule has 0 spiro atoms. The Kier molecular flexibility index (Phi) is 2.70. The topological polar surface area (TPSA) is 37.3 Å². The third-order valence-electron chi connectivity index (χ3n) is 6.64. The van der Waals surface area contributed by atoms with Crippen molar-refractivity contribution in [1.29, 1.82) is 0 Å². The molecule has 0 bridgehead atoms. The zero-order valence-electron chi connectivity index (χ0n) is 13.0. The molecule has 4 rings (SSSR count). The SMILES string of the molecule is C[C@@]12CCC3C(=C1C[C@@H](O)C2)CCC1=CC(=O)C=C[C@@]13C. The van der Waals surface area contributed by atoms with Gasteiger partial charge in [-0.1, -0.05) is 36.6 Å². The largest absolute Gasteiger partial charge is 0.393 e. The quantitative estimate of drug-likeness (QED) is 0.688. The van der Waals surface area contributed by atoms with Crippen molar-refractivity contribution in [2.75, 3.05) is 0 Å². The smallest absolute Gasteiger partial charge is 0.178 e. The second-order valence-corrected chi connectivity index (χ2v) is 7.91. The van der Waals surface area contributed by atoms with Gasteiger partial charge in [-0.3, -0.25) is 4.79 Å². The number of carbonyl (C=O) groups excluding carboxylic acids is 1. The van der Waals surface area contributed by atoms with Gasteiger partial charge in [-0.05, 0) is 62.0 Å². The predicted octanol–water partition coefficient (Wildman–Crippen LogP) is 3.72. The average molecular weight is 284 g/mol. The van der Waals surface area contributed by atoms with Crippen molar-refractivity contribution in [2.24, 2.45) is 16.7 Å². The standard InChI is InChI=1S/C19H24O2/c1-18-7-6-16-15(17(18)10-14(21)11-18)4-3-12-9-13(20)5-8-19(12,16)2/h5,8-9,14,16,21H,3-4,6-7,10-11H2,1-2H3/t14-,16?,18+,19+/m1/s1. The molecule has 2 heteroatoms. The minimum absolute atomic E-state index is 0.0311. The molecule has 0 aromatic rings. The molecule has 0 aromatic heterocycles. The van der Waals surface area contributed by atoms with Crippen molar-refractivity contribution in [3.05, 3.63) is 34.9 Å². The van der Waals surface area contributed by atoms with Crippen LogP contribution in [0.2, 0.25) is 0 Å². The summed E-state index contributed by atoms with van der Waals surface area (Å²) in [5, 5.41) is 10.1. The molecule has 0 amide bonds. The van der Waals surface area contributed by atoms with Crippen molar-refractivity contribution in [2.45, 2.75) is 58.5 Å². The van der Waals surface area contributed by atoms with E-state index in [9.17, 15) is 9.90 Å². The molecule has 112 valence electrons. The molecule has 4 atom stereocenters. The van der Waals surface area contributed by atoms with Crippen LogP contribution in [0.3, 0.4) is 0 Å². The molecule has 0 heterocycles. The van der Waals surface area contributed by atoms with Gasteiger partial charge >= 0.3 is 0 Å². The second kappa shape index (κ2) is 4.19. The zero-order chi connectivity index (χ0) is 14.8. The average Bonchev–Trinajstić information content (AvgIpc) is 2.74. The summed E-state index contributed by atoms with van der Waals surface area (Å²) in [5.74, 6) is 0.686. The predicted molar refractivity (Wildman–Crippen MR) is 82.7 cm³/mol. The van der Waals surface area contributed by atoms with Crippen LogP contribution in [0, 0.1) is 16.7 Å². The van der Waals surface area contributed by atoms with Gasteiger partial charge in [-0.2, -0.15) is 0 Å². The highest BCUT2D eigenvalue weighted by atomic mass is 16.3. The van der Waals surface area contributed by atoms with Crippen LogP contribution in [0.15, 0.2) is 34.9 Å². The Hall–Kier alpha value is -1.15. The van der Waals surface area contributed by atoms with Gasteiger partial charge in [-0.25, -0.2) is 0 Å². The van der Waals surface area contributed by atoms with E-state index in [1.807, 2.05) is 6.08 Å². The third-order valence-corrected chi connectivity index (χ3v) is 6.64. The number of aliphatic hydroxyl groups is 1. The molecular weight excluding hydrogens is 260 g/mol. The van der Waals surface area contributed by atoms with Gasteiger partial charge < -0.3 is 5.11 Å². The van der Waals surface area contributed by atoms with E-state index in [1.54, 1.807) is 17.2 Å². The lowest BCUT2D eigenvalue weighted by atomic mass is 9.54. The van der Waals surface area contributed by atoms with E-state index < -0.39 is 0 Å². The molecule has 0 saturated heterocycles. The fourth-order valence-electron chi connectivity index (χ4n) is 5.49. The first-order chi connectivity index (χ1) is 9.92. The molecule has 1 N–H and O–H groups in total. The maximum Gasteiger partial charge on any atom is 0.178 e. The summed E-state index contributed by atoms with van der Waals surface area (Å²) in [5.41, 5.74) is 4.75. The van der Waals surface area contributed by atoms with E-state index in [0.717, 1.165) is 25.7 Å². The zero-order valence-corrected chi connectivity index (χ0v) is 13.0. The van der Waals surface area contributed by atoms with Crippen LogP contribution in [0.5, 0.6) is 0 Å². The van der Waals surface area contributed by atoms with Crippen molar-refractivity contribution in [3.63, 3.8) is 0 Å². The molecule has 2 saturated carbocycles. The van der Waals surface area contributed by atoms with Gasteiger partial charge in [-0.15, -0.1) is 0 Å². The monoisotopic (exact) mass is 284 g/mol. The van der Waals surface area contributed by atoms with Crippen LogP contribution in [-0.4, -0.2) is 17.0 Å². The molecule has 0 radical (unpaired) electrons. The molecule has 4 aliphatic carbocycles. The molecule has 0 aromatic carbocycles. The fraction of sp³-hybridized carbons (Fsp3) is 0.632. The Morgan fingerprint density at radius 3 is 2.90 bits per heavy atom. The normalized spacial score (nSPS) is 45.1. The summed E-state index contributed by atoms with van der Waals surface area (Å²) < 4.78 is 0. The van der Waals surface area contributed by atoms with Crippen LogP contribution in [-0.2, 0) is 4.79 Å². The van der Waals surface area contributed by atoms with Crippen LogP contribution < -0.4 is 0 Å². The molecule has 2 fully saturated rings. The first-order valence-corrected chi connectivity index (χ1v) is 8.27. The lowest BCUT2D eigenvalue weighted by Gasteiger charge is -2.50. The summed E-state index contributed by atoms with van der Waals surface area (Å²) in [7, 11) is 0. The molecule has 2 nitrogen and oxygen atoms in total. The minimum Gasteiger partial charge on any atom is -0.393 e. The molecule has 1 unspecified atom stereocenters. The summed E-state index contributed by atoms with van der Waals surface area (Å²) in [6.45, 7) is 4.65. The highest BCUT2D eigenvalue weighted by molar-refractivity contribution is 6.01. The van der Waals surface area contributed by atoms with E-state index in [0.29, 0.717) is 5.92 Å². The Labute approximate surface area is 126 Å². The van der Waals surface area contributed by atoms with Gasteiger partial charge in [0.1, 0.15) is 0 Å². The Bertz CT molecular complexity index is 609. The van der Waals surface area contributed by atoms with Crippen molar-refractivity contribution in [1.82, 2.24) is 0 Å². The highest BCUT2D eigenvalue weighted by Gasteiger charge is 2.51. The van der Waals surface area contributed by atoms with E-state index in [4.69, 9.17) is 0 Å². The van der Waals surface area contributed by atoms with Crippen LogP contribution in [0.1, 0.15) is 52.4 Å². The van der Waals surface area contributed by atoms with Gasteiger partial charge in [0.2, 0.25) is 0 Å². The number of rotatable bonds is 0. The number of carbonyl (C=O) groups is 1. The van der Waals surface area contributed by atoms with Crippen LogP contribution in [0.4, 0.5) is 0 Å². The molecule has 0 aliphatic heterocycles. The first kappa shape index (κ1) is 13.5. The number of hydrogen-bond acceptors (Lipinski definition) is 2. The van der Waals surface area contributed by atoms with Gasteiger partial charge in [0.25, 0.3) is 0 Å². The highest BCUT2D eigenvalue weighted by Crippen LogP contribution is 2.61. The van der Waals surface area contributed by atoms with Gasteiger partial charge in [0.15, 0.2) is 5.78 Å². The molecule has 21 heavy (non-hydrogen) atoms. The number of fused-ring (bicyclic) bond motifs is 4. The summed E-state index contributed by atoms with van der Waals surface area (Å²) in [6, 6.07) is 0. The molecular formula is C19H24O2. The maximum absolute atomic E-state index is 11.7. The second-order valence-electron chi connectivity index (χ2n) is 7.91. The fourth-order valence-corrected chi connectivity index (χ4v) is 5.49. The lowest BCUT2D eigenvalue weighted by Crippen LogP contribution is -2.39. The number of ketones is 1. The van der Waals surface area contributed by atoms with Gasteiger partial charge in [0.05, 0.1) is 6.10 Å². The van der Waals surface area contributed by atoms with Crippen molar-refractivity contribution in [3.8, 4) is 0 Å². The minimum atomic E-state index is -0.149. The summed E-state index contributed by atoms with van der Waals surface area (Å²) in [4.78, 5) is 11.7. The lowest BCUT2D eigenvalue weighted by molar-refractivity contribution is -0.110.